The van der Waals surface area contributed by atoms with Crippen molar-refractivity contribution in [2.75, 3.05) is 0 Å². The number of benzene rings is 1. The second-order valence-corrected chi connectivity index (χ2v) is 10.7. The number of nitrogens with one attached hydrogen (secondary N) is 3. The molecule has 0 saturated heterocycles. The van der Waals surface area contributed by atoms with E-state index in [9.17, 15) is 0 Å². The number of pyridine rings is 3. The molecule has 0 unspecified atom stereocenters. The van der Waals surface area contributed by atoms with Gasteiger partial charge in [-0.3, -0.25) is 10.1 Å². The Morgan fingerprint density at radius 2 is 1.72 bits per heavy atom. The topological polar surface area (TPSA) is 108 Å². The number of imidazole rings is 1. The van der Waals surface area contributed by atoms with E-state index in [-0.39, 0.29) is 0 Å². The predicted octanol–water partition coefficient (Wildman–Crippen LogP) is 6.28. The molecule has 0 aliphatic carbocycles. The van der Waals surface area contributed by atoms with E-state index < -0.39 is 0 Å². The lowest BCUT2D eigenvalue weighted by atomic mass is 10.1. The van der Waals surface area contributed by atoms with E-state index in [1.54, 1.807) is 11.3 Å². The van der Waals surface area contributed by atoms with Crippen molar-refractivity contribution in [2.45, 2.75) is 20.0 Å². The third kappa shape index (κ3) is 4.58. The van der Waals surface area contributed by atoms with Crippen molar-refractivity contribution in [1.82, 2.24) is 40.4 Å². The molecule has 1 aromatic carbocycles. The summed E-state index contributed by atoms with van der Waals surface area (Å²) in [7, 11) is 0. The van der Waals surface area contributed by atoms with Crippen molar-refractivity contribution in [3.05, 3.63) is 101 Å². The Kier molecular flexibility index (Phi) is 5.92. The van der Waals surface area contributed by atoms with Gasteiger partial charge in [0.1, 0.15) is 11.2 Å². The lowest BCUT2D eigenvalue weighted by molar-refractivity contribution is 0.691. The van der Waals surface area contributed by atoms with Crippen molar-refractivity contribution in [3.63, 3.8) is 0 Å². The fraction of sp³-hybridized carbons (Fsp3) is 0.100. The summed E-state index contributed by atoms with van der Waals surface area (Å²) >= 11 is 1.75. The van der Waals surface area contributed by atoms with Crippen LogP contribution in [0, 0.1) is 6.92 Å². The normalized spacial score (nSPS) is 11.5. The van der Waals surface area contributed by atoms with E-state index in [4.69, 9.17) is 4.98 Å². The summed E-state index contributed by atoms with van der Waals surface area (Å²) in [5.74, 6) is 0.653. The molecule has 0 atom stereocenters. The molecule has 0 fully saturated rings. The number of thiophene rings is 1. The molecule has 7 aromatic rings. The minimum Gasteiger partial charge on any atom is -0.321 e. The van der Waals surface area contributed by atoms with Gasteiger partial charge < -0.3 is 10.3 Å². The van der Waals surface area contributed by atoms with E-state index in [1.165, 1.54) is 15.3 Å². The average molecular weight is 529 g/mol. The van der Waals surface area contributed by atoms with E-state index in [0.717, 1.165) is 51.9 Å². The summed E-state index contributed by atoms with van der Waals surface area (Å²) in [6.45, 7) is 3.63. The zero-order valence-electron chi connectivity index (χ0n) is 21.1. The standard InChI is InChI=1S/C30H24N8S/c1-18-7-8-25(39-18)23-9-10-33-29-26(23)35-30(36-29)27-24-12-22(17-34-28(24)38-37-27)21-11-20(15-32-16-21)14-31-13-19-5-3-2-4-6-19/h2-12,15-17,31H,13-14H2,1H3,(H,33,35,36)(H,34,37,38). The van der Waals surface area contributed by atoms with Crippen LogP contribution >= 0.6 is 11.3 Å². The van der Waals surface area contributed by atoms with Crippen LogP contribution in [0.2, 0.25) is 0 Å². The van der Waals surface area contributed by atoms with Crippen LogP contribution in [0.4, 0.5) is 0 Å². The van der Waals surface area contributed by atoms with Crippen molar-refractivity contribution in [3.8, 4) is 33.1 Å². The molecule has 0 radical (unpaired) electrons. The maximum Gasteiger partial charge on any atom is 0.161 e. The third-order valence-electron chi connectivity index (χ3n) is 6.66. The van der Waals surface area contributed by atoms with Crippen LogP contribution in [-0.4, -0.2) is 35.1 Å². The van der Waals surface area contributed by atoms with Crippen LogP contribution in [0.1, 0.15) is 16.0 Å². The Morgan fingerprint density at radius 1 is 0.846 bits per heavy atom. The molecule has 0 amide bonds. The van der Waals surface area contributed by atoms with Gasteiger partial charge in [0.15, 0.2) is 17.1 Å². The van der Waals surface area contributed by atoms with Gasteiger partial charge in [-0.25, -0.2) is 15.0 Å². The second-order valence-electron chi connectivity index (χ2n) is 9.41. The van der Waals surface area contributed by atoms with Gasteiger partial charge in [-0.05, 0) is 48.4 Å². The van der Waals surface area contributed by atoms with Gasteiger partial charge in [0, 0.05) is 64.3 Å². The molecule has 0 bridgehead atoms. The number of aryl methyl sites for hydroxylation is 1. The highest BCUT2D eigenvalue weighted by Crippen LogP contribution is 2.34. The molecule has 0 aliphatic rings. The van der Waals surface area contributed by atoms with Gasteiger partial charge in [0.05, 0.1) is 5.39 Å². The molecule has 7 rings (SSSR count). The lowest BCUT2D eigenvalue weighted by Gasteiger charge is -2.07. The Balaban J connectivity index is 1.20. The Labute approximate surface area is 228 Å². The summed E-state index contributed by atoms with van der Waals surface area (Å²) in [6, 6.07) is 20.9. The molecule has 0 spiro atoms. The fourth-order valence-electron chi connectivity index (χ4n) is 4.73. The molecule has 3 N–H and O–H groups in total. The Bertz CT molecular complexity index is 1920. The van der Waals surface area contributed by atoms with Crippen molar-refractivity contribution >= 4 is 33.5 Å². The fourth-order valence-corrected chi connectivity index (χ4v) is 5.63. The molecule has 6 heterocycles. The molecule has 8 nitrogen and oxygen atoms in total. The Morgan fingerprint density at radius 3 is 2.59 bits per heavy atom. The largest absolute Gasteiger partial charge is 0.321 e. The monoisotopic (exact) mass is 528 g/mol. The highest BCUT2D eigenvalue weighted by Gasteiger charge is 2.17. The predicted molar refractivity (Wildman–Crippen MR) is 155 cm³/mol. The first-order valence-electron chi connectivity index (χ1n) is 12.7. The number of hydrogen-bond donors (Lipinski definition) is 3. The first-order valence-corrected chi connectivity index (χ1v) is 13.5. The van der Waals surface area contributed by atoms with Gasteiger partial charge >= 0.3 is 0 Å². The molecule has 39 heavy (non-hydrogen) atoms. The zero-order chi connectivity index (χ0) is 26.2. The van der Waals surface area contributed by atoms with Crippen LogP contribution in [0.15, 0.2) is 85.5 Å². The molecule has 190 valence electrons. The summed E-state index contributed by atoms with van der Waals surface area (Å²) in [5, 5.41) is 12.0. The van der Waals surface area contributed by atoms with E-state index in [1.807, 2.05) is 36.9 Å². The maximum absolute atomic E-state index is 4.92. The SMILES string of the molecule is Cc1ccc(-c2ccnc3[nH]c(-c4n[nH]c5ncc(-c6cncc(CNCc7ccccc7)c6)cc45)nc23)s1. The third-order valence-corrected chi connectivity index (χ3v) is 7.69. The number of nitrogens with zero attached hydrogens (tertiary/aromatic N) is 5. The zero-order valence-corrected chi connectivity index (χ0v) is 22.0. The van der Waals surface area contributed by atoms with E-state index in [0.29, 0.717) is 17.2 Å². The van der Waals surface area contributed by atoms with E-state index in [2.05, 4.69) is 90.9 Å². The second kappa shape index (κ2) is 9.86. The molecule has 0 aliphatic heterocycles. The number of aromatic amines is 2. The maximum atomic E-state index is 4.92. The number of fused-ring (bicyclic) bond motifs is 2. The smallest absolute Gasteiger partial charge is 0.161 e. The van der Waals surface area contributed by atoms with Crippen molar-refractivity contribution in [1.29, 1.82) is 0 Å². The first-order chi connectivity index (χ1) is 19.2. The van der Waals surface area contributed by atoms with Gasteiger partial charge in [-0.1, -0.05) is 30.3 Å². The minimum atomic E-state index is 0.653. The number of hydrogen-bond acceptors (Lipinski definition) is 7. The van der Waals surface area contributed by atoms with Crippen molar-refractivity contribution < 1.29 is 0 Å². The van der Waals surface area contributed by atoms with Gasteiger partial charge in [-0.15, -0.1) is 11.3 Å². The number of aromatic nitrogens is 7. The van der Waals surface area contributed by atoms with E-state index >= 15 is 0 Å². The summed E-state index contributed by atoms with van der Waals surface area (Å²) in [4.78, 5) is 24.4. The van der Waals surface area contributed by atoms with Crippen LogP contribution in [0.3, 0.4) is 0 Å². The quantitative estimate of drug-likeness (QED) is 0.225. The molecule has 6 aromatic heterocycles. The average Bonchev–Trinajstić information content (AvgIpc) is 3.71. The number of rotatable bonds is 7. The number of H-pyrrole nitrogens is 2. The van der Waals surface area contributed by atoms with Crippen LogP contribution in [0.5, 0.6) is 0 Å². The van der Waals surface area contributed by atoms with Gasteiger partial charge in [0.25, 0.3) is 0 Å². The lowest BCUT2D eigenvalue weighted by Crippen LogP contribution is -2.12. The summed E-state index contributed by atoms with van der Waals surface area (Å²) in [6.07, 6.45) is 7.42. The highest BCUT2D eigenvalue weighted by molar-refractivity contribution is 7.15. The molecule has 9 heteroatoms. The first kappa shape index (κ1) is 23.4. The molecule has 0 saturated carbocycles. The van der Waals surface area contributed by atoms with Crippen LogP contribution < -0.4 is 5.32 Å². The minimum absolute atomic E-state index is 0.653. The van der Waals surface area contributed by atoms with Crippen molar-refractivity contribution in [2.24, 2.45) is 0 Å². The summed E-state index contributed by atoms with van der Waals surface area (Å²) < 4.78 is 0. The van der Waals surface area contributed by atoms with Crippen LogP contribution in [0.25, 0.3) is 55.3 Å². The summed E-state index contributed by atoms with van der Waals surface area (Å²) in [5.41, 5.74) is 8.34. The Hall–Kier alpha value is -4.73. The van der Waals surface area contributed by atoms with Gasteiger partial charge in [-0.2, -0.15) is 5.10 Å². The van der Waals surface area contributed by atoms with Crippen LogP contribution in [-0.2, 0) is 13.1 Å². The van der Waals surface area contributed by atoms with Gasteiger partial charge in [0.2, 0.25) is 0 Å². The molecular formula is C30H24N8S. The highest BCUT2D eigenvalue weighted by atomic mass is 32.1. The molecular weight excluding hydrogens is 504 g/mol.